The average molecular weight is 848 g/mol. The quantitative estimate of drug-likeness (QED) is 0.0337. The number of nitrogens with one attached hydrogen (secondary N) is 2. The number of esters is 1. The first-order chi connectivity index (χ1) is 25.7. The van der Waals surface area contributed by atoms with Gasteiger partial charge in [-0.3, -0.25) is 33.2 Å². The number of thiazole rings is 1. The highest BCUT2D eigenvalue weighted by Crippen LogP contribution is 2.72. The summed E-state index contributed by atoms with van der Waals surface area (Å²) in [6.07, 6.45) is -0.974. The fourth-order valence-corrected chi connectivity index (χ4v) is 10.5. The van der Waals surface area contributed by atoms with Crippen molar-refractivity contribution in [1.29, 1.82) is 0 Å². The minimum atomic E-state index is -4.87. The summed E-state index contributed by atoms with van der Waals surface area (Å²) in [7, 11) is -8.61. The maximum atomic E-state index is 13.9. The number of amides is 3. The molecule has 0 saturated carbocycles. The maximum absolute atomic E-state index is 13.9. The smallest absolute Gasteiger partial charge is 0.399 e. The first-order valence-corrected chi connectivity index (χ1v) is 21.0. The Labute approximate surface area is 316 Å². The van der Waals surface area contributed by atoms with Crippen LogP contribution in [0.4, 0.5) is 5.13 Å². The number of β-lactam (4-membered cyclic amide) rings is 1. The Balaban J connectivity index is 1.81. The predicted molar refractivity (Wildman–Crippen MR) is 185 cm³/mol. The van der Waals surface area contributed by atoms with E-state index in [1.54, 1.807) is 0 Å². The van der Waals surface area contributed by atoms with Gasteiger partial charge in [0, 0.05) is 23.6 Å². The van der Waals surface area contributed by atoms with Crippen LogP contribution in [0.15, 0.2) is 21.8 Å². The molecule has 2 atom stereocenters. The van der Waals surface area contributed by atoms with Crippen LogP contribution in [-0.4, -0.2) is 113 Å². The summed E-state index contributed by atoms with van der Waals surface area (Å²) in [5.41, 5.74) is -0.696. The van der Waals surface area contributed by atoms with Crippen molar-refractivity contribution in [2.24, 2.45) is 5.16 Å². The number of aromatic nitrogens is 1. The van der Waals surface area contributed by atoms with E-state index >= 15 is 0 Å². The molecule has 3 heterocycles. The average Bonchev–Trinajstić information content (AvgIpc) is 3.60. The second-order valence-electron chi connectivity index (χ2n) is 10.3. The molecule has 0 radical (unpaired) electrons. The number of nitrogens with zero attached hydrogens (tertiary/aromatic N) is 3. The van der Waals surface area contributed by atoms with Gasteiger partial charge in [-0.05, 0) is 27.7 Å². The Hall–Kier alpha value is -3.32. The number of ether oxygens (including phenoxy) is 1. The Morgan fingerprint density at radius 2 is 1.56 bits per heavy atom. The van der Waals surface area contributed by atoms with Gasteiger partial charge in [0.2, 0.25) is 5.91 Å². The van der Waals surface area contributed by atoms with Gasteiger partial charge in [0.15, 0.2) is 16.2 Å². The molecular formula is C27H39N5O18P2S2. The number of aliphatic carboxylic acids is 1. The number of fused-ring (bicyclic) bond motifs is 1. The second kappa shape index (κ2) is 21.1. The number of hydrogen-bond donors (Lipinski definition) is 3. The summed E-state index contributed by atoms with van der Waals surface area (Å²) >= 11 is 1.95. The molecule has 2 aliphatic rings. The molecule has 1 fully saturated rings. The lowest BCUT2D eigenvalue weighted by Crippen LogP contribution is -2.71. The SMILES string of the molecule is CCOOP(=O)(OOCC)C(CC(=O)Nc1nc(C(=NOC)C(=O)N[C@@H]2C(=O)N3C(C(=O)O)=C(COC(C)=O)CS[C@@H]23)cs1)P(=O)(OOCC)OOCC. The number of carboxylic acids is 1. The number of rotatable bonds is 24. The molecule has 23 nitrogen and oxygen atoms in total. The molecule has 0 unspecified atom stereocenters. The first-order valence-electron chi connectivity index (χ1n) is 15.8. The van der Waals surface area contributed by atoms with Gasteiger partial charge in [-0.25, -0.2) is 29.3 Å². The molecule has 0 aliphatic carbocycles. The van der Waals surface area contributed by atoms with Crippen molar-refractivity contribution >= 4 is 78.8 Å². The highest BCUT2D eigenvalue weighted by atomic mass is 32.2. The molecule has 1 aromatic heterocycles. The lowest BCUT2D eigenvalue weighted by Gasteiger charge is -2.49. The van der Waals surface area contributed by atoms with Crippen molar-refractivity contribution in [2.75, 3.05) is 51.2 Å². The summed E-state index contributed by atoms with van der Waals surface area (Å²) in [5.74, 6) is -4.62. The highest BCUT2D eigenvalue weighted by molar-refractivity contribution is 8.00. The molecule has 54 heavy (non-hydrogen) atoms. The van der Waals surface area contributed by atoms with Crippen LogP contribution in [0.25, 0.3) is 0 Å². The third kappa shape index (κ3) is 11.4. The number of thioether (sulfide) groups is 1. The van der Waals surface area contributed by atoms with Crippen LogP contribution in [0.5, 0.6) is 0 Å². The second-order valence-corrected chi connectivity index (χ2v) is 16.7. The third-order valence-corrected chi connectivity index (χ3v) is 13.4. The van der Waals surface area contributed by atoms with E-state index in [9.17, 15) is 38.2 Å². The van der Waals surface area contributed by atoms with E-state index in [1.165, 1.54) is 33.1 Å². The minimum absolute atomic E-state index is 0.0979. The normalized spacial score (nSPS) is 17.6. The fraction of sp³-hybridized carbons (Fsp3) is 0.593. The number of oxime groups is 1. The van der Waals surface area contributed by atoms with Gasteiger partial charge >= 0.3 is 27.1 Å². The zero-order valence-corrected chi connectivity index (χ0v) is 33.1. The van der Waals surface area contributed by atoms with Crippen LogP contribution in [0.2, 0.25) is 0 Å². The van der Waals surface area contributed by atoms with Crippen LogP contribution in [0.1, 0.15) is 46.7 Å². The molecule has 1 saturated heterocycles. The number of hydrogen-bond acceptors (Lipinski definition) is 21. The number of anilines is 1. The van der Waals surface area contributed by atoms with Crippen molar-refractivity contribution in [3.8, 4) is 0 Å². The molecule has 27 heteroatoms. The zero-order valence-electron chi connectivity index (χ0n) is 29.7. The van der Waals surface area contributed by atoms with E-state index in [-0.39, 0.29) is 60.9 Å². The van der Waals surface area contributed by atoms with Crippen molar-refractivity contribution < 1.29 is 86.0 Å². The first kappa shape index (κ1) is 45.1. The molecule has 0 bridgehead atoms. The number of carboxylic acid groups (broad SMARTS) is 1. The molecule has 3 rings (SSSR count). The lowest BCUT2D eigenvalue weighted by atomic mass is 10.0. The maximum Gasteiger partial charge on any atom is 0.399 e. The predicted octanol–water partition coefficient (Wildman–Crippen LogP) is 2.71. The van der Waals surface area contributed by atoms with Crippen molar-refractivity contribution in [1.82, 2.24) is 15.2 Å². The van der Waals surface area contributed by atoms with E-state index in [4.69, 9.17) is 47.8 Å². The van der Waals surface area contributed by atoms with Gasteiger partial charge in [-0.1, -0.05) is 5.16 Å². The monoisotopic (exact) mass is 847 g/mol. The largest absolute Gasteiger partial charge is 0.477 e. The Kier molecular flexibility index (Phi) is 17.6. The molecule has 0 spiro atoms. The standard InChI is InChI=1S/C27H39N5O18P2S2/c1-7-43-47-51(39,48-44-8-2)19(52(40,49-45-9-3)50-46-10-4)11-18(34)29-27-28-17(14-54-27)20(31-41-6)23(35)30-21-24(36)32-22(26(37)38)16(12-42-15(5)33)13-53-25(21)32/h14,19,21,25H,7-13H2,1-6H3,(H,30,35)(H,37,38)(H,28,29,34)/t21-,25+/m1/s1. The Morgan fingerprint density at radius 1 is 1.00 bits per heavy atom. The van der Waals surface area contributed by atoms with E-state index in [2.05, 4.69) is 20.8 Å². The highest BCUT2D eigenvalue weighted by Gasteiger charge is 2.57. The van der Waals surface area contributed by atoms with Crippen LogP contribution >= 0.6 is 38.3 Å². The van der Waals surface area contributed by atoms with Crippen molar-refractivity contribution in [3.63, 3.8) is 0 Å². The topological polar surface area (TPSA) is 285 Å². The van der Waals surface area contributed by atoms with E-state index in [0.29, 0.717) is 0 Å². The van der Waals surface area contributed by atoms with E-state index in [0.717, 1.165) is 42.0 Å². The van der Waals surface area contributed by atoms with Gasteiger partial charge in [-0.15, -0.1) is 41.8 Å². The molecule has 1 aromatic rings. The van der Waals surface area contributed by atoms with Gasteiger partial charge in [0.05, 0.1) is 32.8 Å². The van der Waals surface area contributed by atoms with Crippen molar-refractivity contribution in [3.05, 3.63) is 22.3 Å². The van der Waals surface area contributed by atoms with Crippen LogP contribution in [0, 0.1) is 0 Å². The minimum Gasteiger partial charge on any atom is -0.477 e. The van der Waals surface area contributed by atoms with Gasteiger partial charge in [0.25, 0.3) is 11.8 Å². The molecule has 3 amide bonds. The van der Waals surface area contributed by atoms with E-state index in [1.807, 2.05) is 0 Å². The molecule has 2 aliphatic heterocycles. The van der Waals surface area contributed by atoms with Crippen LogP contribution in [-0.2, 0) is 80.9 Å². The Bertz CT molecular complexity index is 1630. The molecule has 302 valence electrons. The zero-order chi connectivity index (χ0) is 40.1. The van der Waals surface area contributed by atoms with Crippen molar-refractivity contribution in [2.45, 2.75) is 57.9 Å². The molecule has 3 N–H and O–H groups in total. The summed E-state index contributed by atoms with van der Waals surface area (Å²) in [5, 5.41) is 16.6. The van der Waals surface area contributed by atoms with E-state index < -0.39 is 73.8 Å². The fourth-order valence-electron chi connectivity index (χ4n) is 4.39. The third-order valence-electron chi connectivity index (χ3n) is 6.57. The van der Waals surface area contributed by atoms with Crippen LogP contribution in [0.3, 0.4) is 0 Å². The molecule has 0 aromatic carbocycles. The van der Waals surface area contributed by atoms with Crippen LogP contribution < -0.4 is 10.6 Å². The molecular weight excluding hydrogens is 808 g/mol. The lowest BCUT2D eigenvalue weighted by molar-refractivity contribution is -0.272. The van der Waals surface area contributed by atoms with Gasteiger partial charge < -0.3 is 25.3 Å². The number of carbonyl (C=O) groups is 5. The van der Waals surface area contributed by atoms with Gasteiger partial charge in [0.1, 0.15) is 36.5 Å². The van der Waals surface area contributed by atoms with Gasteiger partial charge in [-0.2, -0.15) is 0 Å². The summed E-state index contributed by atoms with van der Waals surface area (Å²) in [4.78, 5) is 92.3. The summed E-state index contributed by atoms with van der Waals surface area (Å²) in [6.45, 7) is 6.11. The number of carbonyl (C=O) groups excluding carboxylic acids is 4. The summed E-state index contributed by atoms with van der Waals surface area (Å²) in [6, 6.07) is -1.18. The Morgan fingerprint density at radius 3 is 2.04 bits per heavy atom. The summed E-state index contributed by atoms with van der Waals surface area (Å²) < 4.78 is 52.5.